The number of piperazine rings is 1. The molecule has 0 bridgehead atoms. The van der Waals surface area contributed by atoms with Crippen LogP contribution < -0.4 is 4.90 Å². The average molecular weight is 447 g/mol. The van der Waals surface area contributed by atoms with E-state index in [0.717, 1.165) is 22.3 Å². The van der Waals surface area contributed by atoms with Crippen LogP contribution in [0.5, 0.6) is 0 Å². The predicted octanol–water partition coefficient (Wildman–Crippen LogP) is 3.30. The third-order valence-corrected chi connectivity index (χ3v) is 5.41. The van der Waals surface area contributed by atoms with Crippen LogP contribution in [-0.2, 0) is 6.54 Å². The van der Waals surface area contributed by atoms with Gasteiger partial charge in [0.05, 0.1) is 0 Å². The molecule has 1 aromatic carbocycles. The predicted molar refractivity (Wildman–Crippen MR) is 111 cm³/mol. The highest BCUT2D eigenvalue weighted by atomic mass is 79.9. The number of carbonyl (C=O) groups excluding carboxylic acids is 1. The number of aromatic nitrogens is 1. The summed E-state index contributed by atoms with van der Waals surface area (Å²) in [5.41, 5.74) is 2.31. The lowest BCUT2D eigenvalue weighted by atomic mass is 10.1. The zero-order chi connectivity index (χ0) is 20.3. The van der Waals surface area contributed by atoms with Crippen molar-refractivity contribution in [1.29, 1.82) is 0 Å². The van der Waals surface area contributed by atoms with Crippen LogP contribution in [-0.4, -0.2) is 64.6 Å². The fourth-order valence-corrected chi connectivity index (χ4v) is 3.57. The molecule has 1 aromatic heterocycles. The van der Waals surface area contributed by atoms with Crippen molar-refractivity contribution in [3.05, 3.63) is 58.3 Å². The maximum absolute atomic E-state index is 12.6. The zero-order valence-corrected chi connectivity index (χ0v) is 17.5. The van der Waals surface area contributed by atoms with E-state index in [1.165, 1.54) is 4.90 Å². The number of anilines is 1. The van der Waals surface area contributed by atoms with Gasteiger partial charge in [-0.2, -0.15) is 0 Å². The molecule has 0 aliphatic carbocycles. The lowest BCUT2D eigenvalue weighted by Crippen LogP contribution is -2.53. The molecular formula is C20H23BrN4O3. The molecule has 28 heavy (non-hydrogen) atoms. The smallest absolute Gasteiger partial charge is 0.407 e. The monoisotopic (exact) mass is 446 g/mol. The number of pyridine rings is 1. The summed E-state index contributed by atoms with van der Waals surface area (Å²) in [6.07, 6.45) is 0.749. The number of nitrogens with zero attached hydrogens (tertiary/aromatic N) is 4. The molecule has 0 radical (unpaired) electrons. The Labute approximate surface area is 172 Å². The van der Waals surface area contributed by atoms with E-state index in [4.69, 9.17) is 0 Å². The van der Waals surface area contributed by atoms with E-state index in [0.29, 0.717) is 25.3 Å². The van der Waals surface area contributed by atoms with E-state index in [9.17, 15) is 14.7 Å². The summed E-state index contributed by atoms with van der Waals surface area (Å²) in [6, 6.07) is 11.3. The summed E-state index contributed by atoms with van der Waals surface area (Å²) in [7, 11) is 1.73. The van der Waals surface area contributed by atoms with Crippen LogP contribution in [0.1, 0.15) is 23.0 Å². The molecule has 148 valence electrons. The number of benzene rings is 1. The molecular weight excluding hydrogens is 424 g/mol. The Hall–Kier alpha value is -2.45. The van der Waals surface area contributed by atoms with Crippen LogP contribution in [0.2, 0.25) is 0 Å². The molecule has 0 unspecified atom stereocenters. The van der Waals surface area contributed by atoms with Crippen molar-refractivity contribution in [3.8, 4) is 0 Å². The topological polar surface area (TPSA) is 77.0 Å². The Morgan fingerprint density at radius 2 is 1.93 bits per heavy atom. The molecule has 2 heterocycles. The highest BCUT2D eigenvalue weighted by Gasteiger charge is 2.26. The molecule has 1 N–H and O–H groups in total. The number of amides is 2. The van der Waals surface area contributed by atoms with E-state index in [2.05, 4.69) is 25.8 Å². The summed E-state index contributed by atoms with van der Waals surface area (Å²) in [5.74, 6) is -0.168. The van der Waals surface area contributed by atoms with E-state index in [1.807, 2.05) is 31.2 Å². The van der Waals surface area contributed by atoms with Crippen LogP contribution in [0.25, 0.3) is 0 Å². The Kier molecular flexibility index (Phi) is 6.31. The number of halogens is 1. The molecule has 7 nitrogen and oxygen atoms in total. The highest BCUT2D eigenvalue weighted by molar-refractivity contribution is 9.10. The third-order valence-electron chi connectivity index (χ3n) is 4.94. The first kappa shape index (κ1) is 20.3. The first-order chi connectivity index (χ1) is 13.3. The van der Waals surface area contributed by atoms with Crippen LogP contribution in [0, 0.1) is 0 Å². The number of carboxylic acid groups (broad SMARTS) is 1. The summed E-state index contributed by atoms with van der Waals surface area (Å²) < 4.78 is 0.828. The van der Waals surface area contributed by atoms with Crippen molar-refractivity contribution in [2.75, 3.05) is 31.6 Å². The van der Waals surface area contributed by atoms with Crippen molar-refractivity contribution in [3.63, 3.8) is 0 Å². The Morgan fingerprint density at radius 1 is 1.21 bits per heavy atom. The second kappa shape index (κ2) is 8.70. The molecule has 1 fully saturated rings. The largest absolute Gasteiger partial charge is 0.465 e. The summed E-state index contributed by atoms with van der Waals surface area (Å²) in [6.45, 7) is 4.63. The molecule has 0 spiro atoms. The lowest BCUT2D eigenvalue weighted by molar-refractivity contribution is 0.0711. The molecule has 0 saturated carbocycles. The Bertz CT molecular complexity index is 842. The van der Waals surface area contributed by atoms with Gasteiger partial charge in [-0.25, -0.2) is 9.78 Å². The van der Waals surface area contributed by atoms with Gasteiger partial charge in [0, 0.05) is 55.6 Å². The van der Waals surface area contributed by atoms with Crippen LogP contribution in [0.4, 0.5) is 10.5 Å². The molecule has 1 aliphatic rings. The van der Waals surface area contributed by atoms with Gasteiger partial charge >= 0.3 is 6.09 Å². The fraction of sp³-hybridized carbons (Fsp3) is 0.350. The third kappa shape index (κ3) is 4.69. The first-order valence-corrected chi connectivity index (χ1v) is 9.85. The standard InChI is InChI=1S/C20H23BrN4O3/c1-14-12-24(9-10-25(14)20(27)28)13-15-3-6-17(7-4-15)23(2)19(26)18-8-5-16(21)11-22-18/h3-8,11,14H,9-10,12-13H2,1-2H3,(H,27,28)/t14-/m0/s1. The minimum absolute atomic E-state index is 0.0207. The zero-order valence-electron chi connectivity index (χ0n) is 15.9. The van der Waals surface area contributed by atoms with Gasteiger partial charge in [0.2, 0.25) is 0 Å². The van der Waals surface area contributed by atoms with E-state index in [-0.39, 0.29) is 11.9 Å². The van der Waals surface area contributed by atoms with Gasteiger partial charge in [0.1, 0.15) is 5.69 Å². The van der Waals surface area contributed by atoms with Crippen molar-refractivity contribution < 1.29 is 14.7 Å². The number of carbonyl (C=O) groups is 2. The minimum Gasteiger partial charge on any atom is -0.465 e. The average Bonchev–Trinajstić information content (AvgIpc) is 2.68. The molecule has 1 aliphatic heterocycles. The maximum Gasteiger partial charge on any atom is 0.407 e. The van der Waals surface area contributed by atoms with Crippen LogP contribution >= 0.6 is 15.9 Å². The van der Waals surface area contributed by atoms with Gasteiger partial charge in [-0.3, -0.25) is 9.69 Å². The first-order valence-electron chi connectivity index (χ1n) is 9.05. The van der Waals surface area contributed by atoms with Crippen LogP contribution in [0.15, 0.2) is 47.1 Å². The molecule has 2 aromatic rings. The summed E-state index contributed by atoms with van der Waals surface area (Å²) >= 11 is 3.32. The molecule has 3 rings (SSSR count). The fourth-order valence-electron chi connectivity index (χ4n) is 3.34. The lowest BCUT2D eigenvalue weighted by Gasteiger charge is -2.38. The molecule has 1 saturated heterocycles. The van der Waals surface area contributed by atoms with Crippen molar-refractivity contribution in [2.45, 2.75) is 19.5 Å². The van der Waals surface area contributed by atoms with Gasteiger partial charge in [-0.05, 0) is 52.7 Å². The number of hydrogen-bond donors (Lipinski definition) is 1. The second-order valence-electron chi connectivity index (χ2n) is 6.95. The SMILES string of the molecule is C[C@H]1CN(Cc2ccc(N(C)C(=O)c3ccc(Br)cn3)cc2)CCN1C(=O)O. The summed E-state index contributed by atoms with van der Waals surface area (Å²) in [5, 5.41) is 9.18. The number of hydrogen-bond acceptors (Lipinski definition) is 4. The second-order valence-corrected chi connectivity index (χ2v) is 7.87. The van der Waals surface area contributed by atoms with Gasteiger partial charge in [-0.1, -0.05) is 12.1 Å². The molecule has 2 amide bonds. The van der Waals surface area contributed by atoms with Crippen molar-refractivity contribution >= 4 is 33.6 Å². The Balaban J connectivity index is 1.61. The molecule has 8 heteroatoms. The van der Waals surface area contributed by atoms with Crippen molar-refractivity contribution in [1.82, 2.24) is 14.8 Å². The van der Waals surface area contributed by atoms with Gasteiger partial charge < -0.3 is 14.9 Å². The minimum atomic E-state index is -0.857. The van der Waals surface area contributed by atoms with Crippen molar-refractivity contribution in [2.24, 2.45) is 0 Å². The van der Waals surface area contributed by atoms with E-state index in [1.54, 1.807) is 30.3 Å². The highest BCUT2D eigenvalue weighted by Crippen LogP contribution is 2.19. The number of rotatable bonds is 4. The van der Waals surface area contributed by atoms with Gasteiger partial charge in [-0.15, -0.1) is 0 Å². The van der Waals surface area contributed by atoms with E-state index >= 15 is 0 Å². The van der Waals surface area contributed by atoms with Gasteiger partial charge in [0.25, 0.3) is 5.91 Å². The Morgan fingerprint density at radius 3 is 2.50 bits per heavy atom. The van der Waals surface area contributed by atoms with E-state index < -0.39 is 6.09 Å². The summed E-state index contributed by atoms with van der Waals surface area (Å²) in [4.78, 5) is 33.2. The quantitative estimate of drug-likeness (QED) is 0.779. The molecule has 1 atom stereocenters. The normalized spacial score (nSPS) is 17.4. The van der Waals surface area contributed by atoms with Gasteiger partial charge in [0.15, 0.2) is 0 Å². The maximum atomic E-state index is 12.6. The van der Waals surface area contributed by atoms with Crippen LogP contribution in [0.3, 0.4) is 0 Å².